The molecule has 0 aliphatic heterocycles. The fourth-order valence-electron chi connectivity index (χ4n) is 2.75. The lowest BCUT2D eigenvalue weighted by Crippen LogP contribution is -2.29. The molecule has 0 saturated carbocycles. The van der Waals surface area contributed by atoms with Crippen molar-refractivity contribution >= 4 is 22.6 Å². The summed E-state index contributed by atoms with van der Waals surface area (Å²) in [6.07, 6.45) is 0. The van der Waals surface area contributed by atoms with E-state index in [9.17, 15) is 9.59 Å². The van der Waals surface area contributed by atoms with E-state index in [0.717, 1.165) is 16.8 Å². The van der Waals surface area contributed by atoms with Crippen LogP contribution in [0.15, 0.2) is 53.3 Å². The molecular weight excluding hydrogens is 306 g/mol. The zero-order valence-corrected chi connectivity index (χ0v) is 13.7. The largest absolute Gasteiger partial charge is 0.497 e. The predicted octanol–water partition coefficient (Wildman–Crippen LogP) is 2.47. The van der Waals surface area contributed by atoms with Crippen molar-refractivity contribution in [3.63, 3.8) is 0 Å². The van der Waals surface area contributed by atoms with Crippen molar-refractivity contribution in [3.8, 4) is 5.75 Å². The van der Waals surface area contributed by atoms with Gasteiger partial charge in [-0.1, -0.05) is 12.1 Å². The van der Waals surface area contributed by atoms with Crippen molar-refractivity contribution in [2.45, 2.75) is 20.0 Å². The standard InChI is InChI=1S/C18H19N3O3/c1-3-20-15-6-4-5-7-16(15)21(18(20)23)12-17(22)19-13-8-10-14(24-2)11-9-13/h4-11H,3,12H2,1-2H3,(H,19,22). The Kier molecular flexibility index (Phi) is 4.37. The summed E-state index contributed by atoms with van der Waals surface area (Å²) >= 11 is 0. The number of fused-ring (bicyclic) bond motifs is 1. The molecule has 0 radical (unpaired) electrons. The van der Waals surface area contributed by atoms with Gasteiger partial charge in [0.15, 0.2) is 0 Å². The van der Waals surface area contributed by atoms with Crippen molar-refractivity contribution in [3.05, 3.63) is 59.0 Å². The maximum absolute atomic E-state index is 12.5. The molecule has 0 unspecified atom stereocenters. The van der Waals surface area contributed by atoms with Crippen LogP contribution in [0.1, 0.15) is 6.92 Å². The highest BCUT2D eigenvalue weighted by atomic mass is 16.5. The first-order chi connectivity index (χ1) is 11.6. The first-order valence-electron chi connectivity index (χ1n) is 7.76. The number of nitrogens with one attached hydrogen (secondary N) is 1. The Morgan fingerprint density at radius 1 is 1.04 bits per heavy atom. The van der Waals surface area contributed by atoms with Gasteiger partial charge in [0.2, 0.25) is 5.91 Å². The summed E-state index contributed by atoms with van der Waals surface area (Å²) in [6.45, 7) is 2.44. The third-order valence-electron chi connectivity index (χ3n) is 3.92. The fraction of sp³-hybridized carbons (Fsp3) is 0.222. The van der Waals surface area contributed by atoms with Gasteiger partial charge in [0.25, 0.3) is 0 Å². The number of benzene rings is 2. The molecule has 0 bridgehead atoms. The minimum Gasteiger partial charge on any atom is -0.497 e. The van der Waals surface area contributed by atoms with Gasteiger partial charge in [-0.15, -0.1) is 0 Å². The Balaban J connectivity index is 1.85. The number of para-hydroxylation sites is 2. The zero-order chi connectivity index (χ0) is 17.1. The third-order valence-corrected chi connectivity index (χ3v) is 3.92. The molecule has 1 aromatic heterocycles. The second-order valence-corrected chi connectivity index (χ2v) is 5.38. The van der Waals surface area contributed by atoms with E-state index >= 15 is 0 Å². The maximum Gasteiger partial charge on any atom is 0.329 e. The van der Waals surface area contributed by atoms with Gasteiger partial charge < -0.3 is 10.1 Å². The topological polar surface area (TPSA) is 65.3 Å². The van der Waals surface area contributed by atoms with Gasteiger partial charge in [-0.3, -0.25) is 13.9 Å². The highest BCUT2D eigenvalue weighted by molar-refractivity contribution is 5.91. The van der Waals surface area contributed by atoms with Crippen molar-refractivity contribution in [2.24, 2.45) is 0 Å². The highest BCUT2D eigenvalue weighted by Crippen LogP contribution is 2.16. The molecule has 0 atom stereocenters. The van der Waals surface area contributed by atoms with E-state index < -0.39 is 0 Å². The highest BCUT2D eigenvalue weighted by Gasteiger charge is 2.14. The average Bonchev–Trinajstić information content (AvgIpc) is 2.87. The molecule has 1 N–H and O–H groups in total. The van der Waals surface area contributed by atoms with E-state index in [2.05, 4.69) is 5.32 Å². The molecule has 3 aromatic rings. The summed E-state index contributed by atoms with van der Waals surface area (Å²) < 4.78 is 8.25. The van der Waals surface area contributed by atoms with Crippen LogP contribution in [0.2, 0.25) is 0 Å². The van der Waals surface area contributed by atoms with Crippen LogP contribution in [-0.2, 0) is 17.9 Å². The molecule has 2 aromatic carbocycles. The Morgan fingerprint density at radius 3 is 2.25 bits per heavy atom. The van der Waals surface area contributed by atoms with Gasteiger partial charge >= 0.3 is 5.69 Å². The van der Waals surface area contributed by atoms with E-state index in [4.69, 9.17) is 4.74 Å². The number of carbonyl (C=O) groups excluding carboxylic acids is 1. The number of methoxy groups -OCH3 is 1. The number of nitrogens with zero attached hydrogens (tertiary/aromatic N) is 2. The second kappa shape index (κ2) is 6.62. The summed E-state index contributed by atoms with van der Waals surface area (Å²) in [6, 6.07) is 14.5. The van der Waals surface area contributed by atoms with Crippen LogP contribution < -0.4 is 15.7 Å². The Hall–Kier alpha value is -3.02. The van der Waals surface area contributed by atoms with Gasteiger partial charge in [-0.05, 0) is 43.3 Å². The molecule has 0 saturated heterocycles. The molecule has 0 fully saturated rings. The molecule has 24 heavy (non-hydrogen) atoms. The number of aromatic nitrogens is 2. The number of carbonyl (C=O) groups is 1. The Bertz CT molecular complexity index is 923. The van der Waals surface area contributed by atoms with Crippen molar-refractivity contribution in [1.82, 2.24) is 9.13 Å². The lowest BCUT2D eigenvalue weighted by Gasteiger charge is -2.07. The Labute approximate surface area is 139 Å². The molecule has 0 aliphatic carbocycles. The van der Waals surface area contributed by atoms with Crippen LogP contribution in [0.25, 0.3) is 11.0 Å². The SMILES string of the molecule is CCn1c(=O)n(CC(=O)Nc2ccc(OC)cc2)c2ccccc21. The van der Waals surface area contributed by atoms with Crippen LogP contribution in [0.4, 0.5) is 5.69 Å². The molecule has 0 aliphatic rings. The minimum atomic E-state index is -0.249. The third kappa shape index (κ3) is 2.90. The minimum absolute atomic E-state index is 0.0294. The molecule has 124 valence electrons. The summed E-state index contributed by atoms with van der Waals surface area (Å²) in [5, 5.41) is 2.80. The number of hydrogen-bond acceptors (Lipinski definition) is 3. The van der Waals surface area contributed by atoms with Gasteiger partial charge in [0, 0.05) is 12.2 Å². The number of aryl methyl sites for hydroxylation is 1. The van der Waals surface area contributed by atoms with Crippen LogP contribution in [0.5, 0.6) is 5.75 Å². The lowest BCUT2D eigenvalue weighted by atomic mass is 10.3. The monoisotopic (exact) mass is 325 g/mol. The van der Waals surface area contributed by atoms with Crippen molar-refractivity contribution in [2.75, 3.05) is 12.4 Å². The van der Waals surface area contributed by atoms with E-state index in [1.807, 2.05) is 31.2 Å². The molecule has 6 nitrogen and oxygen atoms in total. The van der Waals surface area contributed by atoms with Gasteiger partial charge in [-0.25, -0.2) is 4.79 Å². The van der Waals surface area contributed by atoms with Gasteiger partial charge in [-0.2, -0.15) is 0 Å². The van der Waals surface area contributed by atoms with Crippen LogP contribution in [0, 0.1) is 0 Å². The number of ether oxygens (including phenoxy) is 1. The summed E-state index contributed by atoms with van der Waals surface area (Å²) in [7, 11) is 1.59. The zero-order valence-electron chi connectivity index (χ0n) is 13.7. The van der Waals surface area contributed by atoms with E-state index in [1.165, 1.54) is 4.57 Å². The lowest BCUT2D eigenvalue weighted by molar-refractivity contribution is -0.116. The second-order valence-electron chi connectivity index (χ2n) is 5.38. The molecular formula is C18H19N3O3. The van der Waals surface area contributed by atoms with E-state index in [-0.39, 0.29) is 18.1 Å². The summed E-state index contributed by atoms with van der Waals surface area (Å²) in [5.74, 6) is 0.469. The van der Waals surface area contributed by atoms with Gasteiger partial charge in [0.05, 0.1) is 18.1 Å². The van der Waals surface area contributed by atoms with Crippen molar-refractivity contribution < 1.29 is 9.53 Å². The molecule has 1 amide bonds. The van der Waals surface area contributed by atoms with Crippen LogP contribution in [-0.4, -0.2) is 22.2 Å². The number of rotatable bonds is 5. The Morgan fingerprint density at radius 2 is 1.67 bits per heavy atom. The summed E-state index contributed by atoms with van der Waals surface area (Å²) in [5.41, 5.74) is 2.08. The molecule has 0 spiro atoms. The smallest absolute Gasteiger partial charge is 0.329 e. The molecule has 1 heterocycles. The quantitative estimate of drug-likeness (QED) is 0.784. The number of hydrogen-bond donors (Lipinski definition) is 1. The summed E-state index contributed by atoms with van der Waals surface area (Å²) in [4.78, 5) is 24.8. The van der Waals surface area contributed by atoms with Crippen LogP contribution >= 0.6 is 0 Å². The van der Waals surface area contributed by atoms with E-state index in [1.54, 1.807) is 35.9 Å². The maximum atomic E-state index is 12.5. The number of imidazole rings is 1. The average molecular weight is 325 g/mol. The normalized spacial score (nSPS) is 10.8. The molecule has 6 heteroatoms. The number of anilines is 1. The first kappa shape index (κ1) is 15.9. The fourth-order valence-corrected chi connectivity index (χ4v) is 2.75. The van der Waals surface area contributed by atoms with Crippen molar-refractivity contribution in [1.29, 1.82) is 0 Å². The molecule has 3 rings (SSSR count). The van der Waals surface area contributed by atoms with E-state index in [0.29, 0.717) is 12.2 Å². The number of amides is 1. The predicted molar refractivity (Wildman–Crippen MR) is 93.5 cm³/mol. The van der Waals surface area contributed by atoms with Crippen LogP contribution in [0.3, 0.4) is 0 Å². The van der Waals surface area contributed by atoms with Gasteiger partial charge in [0.1, 0.15) is 12.3 Å². The first-order valence-corrected chi connectivity index (χ1v) is 7.76.